The smallest absolute Gasteiger partial charge is 0.440 e. The van der Waals surface area contributed by atoms with Crippen molar-refractivity contribution in [3.8, 4) is 0 Å². The Morgan fingerprint density at radius 2 is 1.60 bits per heavy atom. The zero-order chi connectivity index (χ0) is 29.2. The van der Waals surface area contributed by atoms with Crippen LogP contribution >= 0.6 is 0 Å². The van der Waals surface area contributed by atoms with E-state index in [-0.39, 0.29) is 22.7 Å². The lowest BCUT2D eigenvalue weighted by molar-refractivity contribution is 0.00578. The zero-order valence-corrected chi connectivity index (χ0v) is 25.3. The van der Waals surface area contributed by atoms with E-state index in [1.165, 1.54) is 12.1 Å². The fraction of sp³-hybridized carbons (Fsp3) is 0.531. The summed E-state index contributed by atoms with van der Waals surface area (Å²) in [4.78, 5) is 15.8. The van der Waals surface area contributed by atoms with Gasteiger partial charge in [-0.1, -0.05) is 19.9 Å². The average molecular weight is 549 g/mol. The highest BCUT2D eigenvalue weighted by atomic mass is 19.1. The molecule has 0 unspecified atom stereocenters. The van der Waals surface area contributed by atoms with E-state index < -0.39 is 18.3 Å². The van der Waals surface area contributed by atoms with Crippen LogP contribution in [0.2, 0.25) is 0 Å². The van der Waals surface area contributed by atoms with Crippen molar-refractivity contribution in [1.82, 2.24) is 0 Å². The molecule has 3 aromatic rings. The van der Waals surface area contributed by atoms with E-state index in [0.717, 1.165) is 37.1 Å². The first-order valence-corrected chi connectivity index (χ1v) is 14.3. The van der Waals surface area contributed by atoms with E-state index >= 15 is 0 Å². The van der Waals surface area contributed by atoms with Gasteiger partial charge >= 0.3 is 7.12 Å². The summed E-state index contributed by atoms with van der Waals surface area (Å²) in [5.41, 5.74) is 3.54. The third-order valence-electron chi connectivity index (χ3n) is 9.13. The Bertz CT molecular complexity index is 1490. The molecule has 5 rings (SSSR count). The number of fused-ring (bicyclic) bond motifs is 1. The molecule has 2 aliphatic heterocycles. The Morgan fingerprint density at radius 3 is 2.23 bits per heavy atom. The molecule has 0 spiro atoms. The first-order chi connectivity index (χ1) is 18.6. The highest BCUT2D eigenvalue weighted by Gasteiger charge is 2.52. The van der Waals surface area contributed by atoms with Gasteiger partial charge in [0, 0.05) is 29.8 Å². The van der Waals surface area contributed by atoms with E-state index in [4.69, 9.17) is 13.7 Å². The highest BCUT2D eigenvalue weighted by Crippen LogP contribution is 2.38. The molecule has 1 atom stereocenters. The second-order valence-electron chi connectivity index (χ2n) is 13.4. The van der Waals surface area contributed by atoms with Crippen LogP contribution in [0, 0.1) is 25.1 Å². The molecule has 2 aromatic carbocycles. The van der Waals surface area contributed by atoms with Gasteiger partial charge in [-0.05, 0) is 96.6 Å². The predicted molar refractivity (Wildman–Crippen MR) is 161 cm³/mol. The largest absolute Gasteiger partial charge is 0.497 e. The Kier molecular flexibility index (Phi) is 7.11. The fourth-order valence-electron chi connectivity index (χ4n) is 5.64. The lowest BCUT2D eigenvalue weighted by atomic mass is 9.77. The van der Waals surface area contributed by atoms with Crippen LogP contribution in [-0.2, 0) is 9.31 Å². The van der Waals surface area contributed by atoms with E-state index in [2.05, 4.69) is 30.1 Å². The summed E-state index contributed by atoms with van der Waals surface area (Å²) < 4.78 is 33.6. The van der Waals surface area contributed by atoms with E-state index in [1.54, 1.807) is 6.07 Å². The molecule has 0 aliphatic carbocycles. The minimum Gasteiger partial charge on any atom is -0.440 e. The number of nitrogens with zero attached hydrogens (tertiary/aromatic N) is 1. The molecule has 6 nitrogen and oxygen atoms in total. The molecule has 3 heterocycles. The number of nitrogens with one attached hydrogen (secondary N) is 1. The van der Waals surface area contributed by atoms with Crippen LogP contribution in [-0.4, -0.2) is 31.4 Å². The van der Waals surface area contributed by atoms with Gasteiger partial charge in [-0.3, -0.25) is 4.79 Å². The number of aryl methyl sites for hydroxylation is 1. The van der Waals surface area contributed by atoms with Crippen molar-refractivity contribution in [3.63, 3.8) is 0 Å². The third-order valence-corrected chi connectivity index (χ3v) is 9.13. The molecule has 0 bridgehead atoms. The first kappa shape index (κ1) is 28.7. The van der Waals surface area contributed by atoms with E-state index in [1.807, 2.05) is 54.5 Å². The van der Waals surface area contributed by atoms with Crippen molar-refractivity contribution in [3.05, 3.63) is 63.1 Å². The minimum atomic E-state index is -0.722. The Morgan fingerprint density at radius 1 is 0.975 bits per heavy atom. The lowest BCUT2D eigenvalue weighted by Gasteiger charge is -2.37. The van der Waals surface area contributed by atoms with Crippen LogP contribution in [0.25, 0.3) is 11.0 Å². The molecule has 214 valence electrons. The standard InChI is InChI=1S/C32H42BFN2O4/c1-19-16-23(28-24(17-19)27(37)20(2)29(38-28)36-14-12-30(4,5)13-15-36)21(3)35-26-11-10-22(34)18-25(26)33-39-31(6,7)32(8,9)40-33/h10-11,16-18,21,35H,12-15H2,1-9H3/t21-/m1/s1. The Balaban J connectivity index is 1.54. The quantitative estimate of drug-likeness (QED) is 0.361. The molecule has 1 aromatic heterocycles. The van der Waals surface area contributed by atoms with Crippen LogP contribution in [0.15, 0.2) is 39.5 Å². The Hall–Kier alpha value is -2.84. The van der Waals surface area contributed by atoms with Crippen molar-refractivity contribution in [2.24, 2.45) is 5.41 Å². The molecule has 2 saturated heterocycles. The molecule has 0 amide bonds. The van der Waals surface area contributed by atoms with Crippen molar-refractivity contribution in [2.75, 3.05) is 23.3 Å². The van der Waals surface area contributed by atoms with Crippen LogP contribution in [0.5, 0.6) is 0 Å². The van der Waals surface area contributed by atoms with Gasteiger partial charge in [-0.15, -0.1) is 0 Å². The summed E-state index contributed by atoms with van der Waals surface area (Å²) in [6, 6.07) is 8.31. The average Bonchev–Trinajstić information content (AvgIpc) is 3.09. The number of benzene rings is 2. The summed E-state index contributed by atoms with van der Waals surface area (Å²) in [5.74, 6) is 0.296. The van der Waals surface area contributed by atoms with Crippen LogP contribution in [0.4, 0.5) is 16.0 Å². The van der Waals surface area contributed by atoms with Crippen LogP contribution in [0.1, 0.15) is 84.0 Å². The number of hydrogen-bond donors (Lipinski definition) is 1. The molecule has 0 radical (unpaired) electrons. The van der Waals surface area contributed by atoms with Crippen LogP contribution < -0.4 is 21.1 Å². The lowest BCUT2D eigenvalue weighted by Crippen LogP contribution is -2.41. The molecular weight excluding hydrogens is 506 g/mol. The van der Waals surface area contributed by atoms with Gasteiger partial charge in [-0.25, -0.2) is 4.39 Å². The summed E-state index contributed by atoms with van der Waals surface area (Å²) in [6.45, 7) is 20.1. The number of piperidine rings is 1. The Labute approximate surface area is 237 Å². The zero-order valence-electron chi connectivity index (χ0n) is 25.3. The number of rotatable bonds is 5. The number of anilines is 2. The van der Waals surface area contributed by atoms with Gasteiger partial charge in [0.25, 0.3) is 0 Å². The van der Waals surface area contributed by atoms with E-state index in [9.17, 15) is 9.18 Å². The topological polar surface area (TPSA) is 63.9 Å². The molecule has 1 N–H and O–H groups in total. The van der Waals surface area contributed by atoms with Crippen molar-refractivity contribution < 1.29 is 18.1 Å². The molecule has 8 heteroatoms. The van der Waals surface area contributed by atoms with Crippen LogP contribution in [0.3, 0.4) is 0 Å². The van der Waals surface area contributed by atoms with Crippen molar-refractivity contribution >= 4 is 35.1 Å². The fourth-order valence-corrected chi connectivity index (χ4v) is 5.64. The molecule has 2 aliphatic rings. The predicted octanol–water partition coefficient (Wildman–Crippen LogP) is 6.65. The van der Waals surface area contributed by atoms with Gasteiger partial charge in [0.2, 0.25) is 5.88 Å². The second kappa shape index (κ2) is 9.91. The maximum absolute atomic E-state index is 14.5. The summed E-state index contributed by atoms with van der Waals surface area (Å²) in [5, 5.41) is 4.12. The normalized spacial score (nSPS) is 20.6. The van der Waals surface area contributed by atoms with Crippen molar-refractivity contribution in [1.29, 1.82) is 0 Å². The summed E-state index contributed by atoms with van der Waals surface area (Å²) in [7, 11) is -0.722. The van der Waals surface area contributed by atoms with Gasteiger partial charge in [-0.2, -0.15) is 0 Å². The van der Waals surface area contributed by atoms with Gasteiger partial charge in [0.15, 0.2) is 5.43 Å². The molecule has 2 fully saturated rings. The summed E-state index contributed by atoms with van der Waals surface area (Å²) >= 11 is 0. The first-order valence-electron chi connectivity index (χ1n) is 14.3. The minimum absolute atomic E-state index is 0.00192. The van der Waals surface area contributed by atoms with Gasteiger partial charge < -0.3 is 23.9 Å². The molecular formula is C32H42BFN2O4. The van der Waals surface area contributed by atoms with Gasteiger partial charge in [0.05, 0.1) is 28.2 Å². The SMILES string of the molecule is Cc1cc([C@@H](C)Nc2ccc(F)cc2B2OC(C)(C)C(C)(C)O2)c2oc(N3CCC(C)(C)CC3)c(C)c(=O)c2c1. The third kappa shape index (κ3) is 5.16. The maximum Gasteiger partial charge on any atom is 0.497 e. The summed E-state index contributed by atoms with van der Waals surface area (Å²) in [6.07, 6.45) is 2.08. The number of halogens is 1. The van der Waals surface area contributed by atoms with E-state index in [0.29, 0.717) is 33.6 Å². The number of hydrogen-bond acceptors (Lipinski definition) is 6. The highest BCUT2D eigenvalue weighted by molar-refractivity contribution is 6.64. The van der Waals surface area contributed by atoms with Crippen molar-refractivity contribution in [2.45, 2.75) is 92.4 Å². The molecule has 40 heavy (non-hydrogen) atoms. The maximum atomic E-state index is 14.5. The molecule has 0 saturated carbocycles. The second-order valence-corrected chi connectivity index (χ2v) is 13.4. The van der Waals surface area contributed by atoms with Gasteiger partial charge in [0.1, 0.15) is 11.4 Å². The monoisotopic (exact) mass is 548 g/mol.